The number of nitrogens with one attached hydrogen (secondary N) is 2. The normalized spacial score (nSPS) is 18.9. The number of aryl methyl sites for hydroxylation is 1. The molecule has 3 amide bonds. The average Bonchev–Trinajstić information content (AvgIpc) is 3.14. The monoisotopic (exact) mass is 433 g/mol. The maximum absolute atomic E-state index is 13.3. The molecule has 1 atom stereocenters. The van der Waals surface area contributed by atoms with Gasteiger partial charge in [-0.25, -0.2) is 9.79 Å². The molecule has 0 aliphatic carbocycles. The van der Waals surface area contributed by atoms with Gasteiger partial charge in [0.25, 0.3) is 5.91 Å². The molecule has 2 heterocycles. The van der Waals surface area contributed by atoms with Crippen molar-refractivity contribution in [3.8, 4) is 0 Å². The van der Waals surface area contributed by atoms with E-state index in [9.17, 15) is 9.59 Å². The lowest BCUT2D eigenvalue weighted by atomic mass is 10.1. The fourth-order valence-electron chi connectivity index (χ4n) is 4.29. The molecule has 0 radical (unpaired) electrons. The Hall–Kier alpha value is -3.35. The van der Waals surface area contributed by atoms with Crippen LogP contribution in [0.25, 0.3) is 0 Å². The van der Waals surface area contributed by atoms with E-state index in [2.05, 4.69) is 22.5 Å². The summed E-state index contributed by atoms with van der Waals surface area (Å²) >= 11 is 0. The Labute approximate surface area is 189 Å². The van der Waals surface area contributed by atoms with Crippen molar-refractivity contribution in [3.05, 3.63) is 59.7 Å². The van der Waals surface area contributed by atoms with Crippen LogP contribution in [-0.4, -0.2) is 49.0 Å². The lowest BCUT2D eigenvalue weighted by Gasteiger charge is -2.25. The molecular weight excluding hydrogens is 402 g/mol. The number of amides is 3. The molecule has 2 aliphatic rings. The van der Waals surface area contributed by atoms with Gasteiger partial charge in [-0.3, -0.25) is 4.79 Å². The molecule has 7 heteroatoms. The molecule has 0 aromatic heterocycles. The maximum Gasteiger partial charge on any atom is 0.321 e. The quantitative estimate of drug-likeness (QED) is 0.768. The van der Waals surface area contributed by atoms with Crippen molar-refractivity contribution in [1.29, 1.82) is 0 Å². The van der Waals surface area contributed by atoms with Crippen molar-refractivity contribution >= 4 is 29.1 Å². The van der Waals surface area contributed by atoms with Crippen molar-refractivity contribution in [2.45, 2.75) is 45.2 Å². The number of benzene rings is 2. The van der Waals surface area contributed by atoms with Crippen LogP contribution < -0.4 is 15.5 Å². The first-order chi connectivity index (χ1) is 15.6. The number of urea groups is 1. The van der Waals surface area contributed by atoms with Crippen LogP contribution in [-0.2, 0) is 11.2 Å². The third kappa shape index (κ3) is 4.77. The van der Waals surface area contributed by atoms with Gasteiger partial charge in [0, 0.05) is 31.4 Å². The van der Waals surface area contributed by atoms with Crippen molar-refractivity contribution in [2.75, 3.05) is 30.4 Å². The summed E-state index contributed by atoms with van der Waals surface area (Å²) in [5.41, 5.74) is 3.55. The van der Waals surface area contributed by atoms with Gasteiger partial charge >= 0.3 is 6.03 Å². The first-order valence-electron chi connectivity index (χ1n) is 11.4. The molecule has 2 N–H and O–H groups in total. The molecule has 2 aliphatic heterocycles. The van der Waals surface area contributed by atoms with Crippen LogP contribution >= 0.6 is 0 Å². The molecule has 0 unspecified atom stereocenters. The molecule has 2 aromatic carbocycles. The molecule has 7 nitrogen and oxygen atoms in total. The summed E-state index contributed by atoms with van der Waals surface area (Å²) in [4.78, 5) is 34.7. The van der Waals surface area contributed by atoms with Gasteiger partial charge in [-0.1, -0.05) is 44.0 Å². The van der Waals surface area contributed by atoms with Gasteiger partial charge in [0.05, 0.1) is 5.69 Å². The van der Waals surface area contributed by atoms with Crippen LogP contribution in [0.15, 0.2) is 53.5 Å². The van der Waals surface area contributed by atoms with Crippen molar-refractivity contribution in [1.82, 2.24) is 10.2 Å². The van der Waals surface area contributed by atoms with Gasteiger partial charge in [0.1, 0.15) is 5.84 Å². The molecule has 2 aromatic rings. The van der Waals surface area contributed by atoms with E-state index in [0.29, 0.717) is 5.69 Å². The molecule has 4 rings (SSSR count). The molecule has 1 fully saturated rings. The summed E-state index contributed by atoms with van der Waals surface area (Å²) in [6.45, 7) is 3.86. The van der Waals surface area contributed by atoms with E-state index >= 15 is 0 Å². The van der Waals surface area contributed by atoms with E-state index in [-0.39, 0.29) is 5.91 Å². The number of likely N-dealkylation sites (N-methyl/N-ethyl adjacent to an activating group) is 1. The zero-order valence-corrected chi connectivity index (χ0v) is 18.8. The second-order valence-corrected chi connectivity index (χ2v) is 8.32. The van der Waals surface area contributed by atoms with E-state index < -0.39 is 12.2 Å². The number of nitrogens with zero attached hydrogens (tertiary/aromatic N) is 3. The largest absolute Gasteiger partial charge is 0.356 e. The Balaban J connectivity index is 1.62. The zero-order chi connectivity index (χ0) is 22.5. The maximum atomic E-state index is 13.3. The van der Waals surface area contributed by atoms with Crippen LogP contribution in [0.5, 0.6) is 0 Å². The molecule has 0 spiro atoms. The zero-order valence-electron chi connectivity index (χ0n) is 18.8. The number of hydrogen-bond acceptors (Lipinski definition) is 4. The van der Waals surface area contributed by atoms with Gasteiger partial charge in [0.15, 0.2) is 0 Å². The number of rotatable bonds is 3. The number of likely N-dealkylation sites (tertiary alicyclic amines) is 1. The Morgan fingerprint density at radius 3 is 2.56 bits per heavy atom. The van der Waals surface area contributed by atoms with Crippen LogP contribution in [0.3, 0.4) is 0 Å². The summed E-state index contributed by atoms with van der Waals surface area (Å²) in [6, 6.07) is 15.1. The molecular formula is C25H31N5O2. The fraction of sp³-hybridized carbons (Fsp3) is 0.400. The summed E-state index contributed by atoms with van der Waals surface area (Å²) in [6.07, 6.45) is 4.47. The Morgan fingerprint density at radius 2 is 1.81 bits per heavy atom. The summed E-state index contributed by atoms with van der Waals surface area (Å²) in [7, 11) is 1.74. The Morgan fingerprint density at radius 1 is 1.06 bits per heavy atom. The van der Waals surface area contributed by atoms with Gasteiger partial charge in [0.2, 0.25) is 6.17 Å². The lowest BCUT2D eigenvalue weighted by Crippen LogP contribution is -2.47. The van der Waals surface area contributed by atoms with E-state index in [1.165, 1.54) is 12.8 Å². The predicted molar refractivity (Wildman–Crippen MR) is 128 cm³/mol. The lowest BCUT2D eigenvalue weighted by molar-refractivity contribution is -0.119. The van der Waals surface area contributed by atoms with Crippen molar-refractivity contribution in [2.24, 2.45) is 4.99 Å². The van der Waals surface area contributed by atoms with E-state index in [4.69, 9.17) is 4.99 Å². The smallest absolute Gasteiger partial charge is 0.321 e. The van der Waals surface area contributed by atoms with Gasteiger partial charge < -0.3 is 20.4 Å². The number of hydrogen-bond donors (Lipinski definition) is 2. The van der Waals surface area contributed by atoms with E-state index in [1.54, 1.807) is 11.9 Å². The van der Waals surface area contributed by atoms with Crippen molar-refractivity contribution < 1.29 is 9.59 Å². The summed E-state index contributed by atoms with van der Waals surface area (Å²) in [5.74, 6) is 0.512. The second kappa shape index (κ2) is 9.85. The number of carbonyl (C=O) groups is 2. The average molecular weight is 434 g/mol. The summed E-state index contributed by atoms with van der Waals surface area (Å²) < 4.78 is 0. The van der Waals surface area contributed by atoms with Crippen LogP contribution in [0, 0.1) is 0 Å². The van der Waals surface area contributed by atoms with Gasteiger partial charge in [-0.05, 0) is 49.1 Å². The SMILES string of the molecule is CCc1cccc(NC(=O)N[C@@H]2N=C(N3CCCCCC3)c3ccccc3N(C)C2=O)c1. The molecule has 0 saturated carbocycles. The standard InChI is InChI=1S/C25H31N5O2/c1-3-18-11-10-12-19(17-18)26-25(32)28-22-24(31)29(2)21-14-7-6-13-20(21)23(27-22)30-15-8-4-5-9-16-30/h6-7,10-14,17,22H,3-5,8-9,15-16H2,1-2H3,(H2,26,28,32)/t22-/m0/s1. The van der Waals surface area contributed by atoms with Crippen LogP contribution in [0.1, 0.15) is 43.7 Å². The third-order valence-corrected chi connectivity index (χ3v) is 6.09. The fourth-order valence-corrected chi connectivity index (χ4v) is 4.29. The number of amidine groups is 1. The minimum absolute atomic E-state index is 0.264. The Kier molecular flexibility index (Phi) is 6.73. The highest BCUT2D eigenvalue weighted by Crippen LogP contribution is 2.27. The van der Waals surface area contributed by atoms with Gasteiger partial charge in [-0.15, -0.1) is 0 Å². The molecule has 0 bridgehead atoms. The van der Waals surface area contributed by atoms with E-state index in [0.717, 1.165) is 55.0 Å². The number of benzodiazepines with no additional fused rings is 1. The molecule has 32 heavy (non-hydrogen) atoms. The van der Waals surface area contributed by atoms with Crippen molar-refractivity contribution in [3.63, 3.8) is 0 Å². The highest BCUT2D eigenvalue weighted by atomic mass is 16.2. The number of fused-ring (bicyclic) bond motifs is 1. The van der Waals surface area contributed by atoms with Crippen LogP contribution in [0.4, 0.5) is 16.2 Å². The minimum atomic E-state index is -1.000. The Bertz CT molecular complexity index is 1010. The number of aliphatic imine (C=N–C) groups is 1. The number of anilines is 2. The van der Waals surface area contributed by atoms with Crippen LogP contribution in [0.2, 0.25) is 0 Å². The topological polar surface area (TPSA) is 77.0 Å². The summed E-state index contributed by atoms with van der Waals surface area (Å²) in [5, 5.41) is 5.63. The minimum Gasteiger partial charge on any atom is -0.356 e. The first-order valence-corrected chi connectivity index (χ1v) is 11.4. The highest BCUT2D eigenvalue weighted by molar-refractivity contribution is 6.12. The number of para-hydroxylation sites is 1. The number of carbonyl (C=O) groups excluding carboxylic acids is 2. The highest BCUT2D eigenvalue weighted by Gasteiger charge is 2.32. The first kappa shape index (κ1) is 21.9. The van der Waals surface area contributed by atoms with Gasteiger partial charge in [-0.2, -0.15) is 0 Å². The van der Waals surface area contributed by atoms with E-state index in [1.807, 2.05) is 48.5 Å². The third-order valence-electron chi connectivity index (χ3n) is 6.09. The second-order valence-electron chi connectivity index (χ2n) is 8.32. The predicted octanol–water partition coefficient (Wildman–Crippen LogP) is 4.00. The molecule has 168 valence electrons. The molecule has 1 saturated heterocycles.